The van der Waals surface area contributed by atoms with Gasteiger partial charge in [0, 0.05) is 10.0 Å². The summed E-state index contributed by atoms with van der Waals surface area (Å²) in [5.74, 6) is -0.406. The summed E-state index contributed by atoms with van der Waals surface area (Å²) < 4.78 is 5.46. The Bertz CT molecular complexity index is 396. The minimum Gasteiger partial charge on any atom is -0.465 e. The van der Waals surface area contributed by atoms with Crippen molar-refractivity contribution < 1.29 is 9.53 Å². The molecular formula is C10H8BrNO2. The highest BCUT2D eigenvalue weighted by atomic mass is 79.9. The van der Waals surface area contributed by atoms with Gasteiger partial charge < -0.3 is 9.58 Å². The number of nitrogens with zero attached hydrogens (tertiary/aromatic N) is 1. The molecule has 0 amide bonds. The monoisotopic (exact) mass is 253 g/mol. The van der Waals surface area contributed by atoms with Gasteiger partial charge in [-0.15, -0.1) is 0 Å². The Kier molecular flexibility index (Phi) is 3.66. The first-order valence-corrected chi connectivity index (χ1v) is 4.68. The van der Waals surface area contributed by atoms with Crippen molar-refractivity contribution >= 4 is 21.9 Å². The van der Waals surface area contributed by atoms with Crippen LogP contribution in [0.2, 0.25) is 0 Å². The maximum Gasteiger partial charge on any atom is 0.338 e. The predicted molar refractivity (Wildman–Crippen MR) is 55.8 cm³/mol. The number of benzene rings is 1. The standard InChI is InChI=1S/C10H8BrNO2/c1-12-6-7-5-8(11)3-4-9(7)10(13)14-2/h3-5H,6H2,2H3. The van der Waals surface area contributed by atoms with Crippen molar-refractivity contribution in [1.29, 1.82) is 0 Å². The molecule has 0 bridgehead atoms. The van der Waals surface area contributed by atoms with Gasteiger partial charge in [-0.3, -0.25) is 0 Å². The van der Waals surface area contributed by atoms with Gasteiger partial charge in [0.25, 0.3) is 0 Å². The molecule has 1 aromatic carbocycles. The van der Waals surface area contributed by atoms with Crippen molar-refractivity contribution in [2.75, 3.05) is 7.11 Å². The van der Waals surface area contributed by atoms with Crippen LogP contribution in [-0.2, 0) is 11.3 Å². The SMILES string of the molecule is [C-]#[N+]Cc1cc(Br)ccc1C(=O)OC. The smallest absolute Gasteiger partial charge is 0.338 e. The number of esters is 1. The van der Waals surface area contributed by atoms with Crippen LogP contribution < -0.4 is 0 Å². The average molecular weight is 254 g/mol. The van der Waals surface area contributed by atoms with Crippen molar-refractivity contribution in [2.45, 2.75) is 6.54 Å². The lowest BCUT2D eigenvalue weighted by molar-refractivity contribution is 0.0599. The molecule has 1 rings (SSSR count). The van der Waals surface area contributed by atoms with E-state index in [2.05, 4.69) is 25.5 Å². The van der Waals surface area contributed by atoms with Gasteiger partial charge in [-0.2, -0.15) is 0 Å². The van der Waals surface area contributed by atoms with Crippen molar-refractivity contribution in [3.63, 3.8) is 0 Å². The van der Waals surface area contributed by atoms with E-state index in [4.69, 9.17) is 6.57 Å². The molecule has 0 heterocycles. The van der Waals surface area contributed by atoms with Gasteiger partial charge in [0.2, 0.25) is 6.54 Å². The van der Waals surface area contributed by atoms with Gasteiger partial charge in [-0.1, -0.05) is 15.9 Å². The molecule has 0 fully saturated rings. The molecule has 0 unspecified atom stereocenters. The number of rotatable bonds is 2. The number of ether oxygens (including phenoxy) is 1. The molecule has 0 N–H and O–H groups in total. The molecule has 4 heteroatoms. The van der Waals surface area contributed by atoms with Crippen LogP contribution in [0.5, 0.6) is 0 Å². The van der Waals surface area contributed by atoms with Gasteiger partial charge in [0.1, 0.15) is 0 Å². The second-order valence-electron chi connectivity index (χ2n) is 2.61. The Morgan fingerprint density at radius 3 is 2.93 bits per heavy atom. The molecule has 1 aromatic rings. The van der Waals surface area contributed by atoms with Crippen molar-refractivity contribution in [3.05, 3.63) is 45.2 Å². The molecule has 14 heavy (non-hydrogen) atoms. The largest absolute Gasteiger partial charge is 0.465 e. The van der Waals surface area contributed by atoms with E-state index >= 15 is 0 Å². The fourth-order valence-electron chi connectivity index (χ4n) is 1.09. The summed E-state index contributed by atoms with van der Waals surface area (Å²) in [6.45, 7) is 6.95. The normalized spacial score (nSPS) is 9.21. The third-order valence-corrected chi connectivity index (χ3v) is 2.22. The number of methoxy groups -OCH3 is 1. The molecule has 0 atom stereocenters. The minimum atomic E-state index is -0.406. The van der Waals surface area contributed by atoms with Crippen LogP contribution in [0, 0.1) is 6.57 Å². The van der Waals surface area contributed by atoms with E-state index < -0.39 is 5.97 Å². The lowest BCUT2D eigenvalue weighted by atomic mass is 10.1. The van der Waals surface area contributed by atoms with E-state index in [1.54, 1.807) is 18.2 Å². The molecule has 0 saturated heterocycles. The molecule has 0 spiro atoms. The fourth-order valence-corrected chi connectivity index (χ4v) is 1.50. The van der Waals surface area contributed by atoms with Gasteiger partial charge in [0.05, 0.1) is 12.7 Å². The average Bonchev–Trinajstić information content (AvgIpc) is 2.17. The number of hydrogen-bond acceptors (Lipinski definition) is 2. The summed E-state index contributed by atoms with van der Waals surface area (Å²) in [4.78, 5) is 14.5. The lowest BCUT2D eigenvalue weighted by Gasteiger charge is -2.03. The maximum atomic E-state index is 11.3. The summed E-state index contributed by atoms with van der Waals surface area (Å²) in [7, 11) is 1.33. The number of halogens is 1. The molecule has 0 aromatic heterocycles. The number of carbonyl (C=O) groups is 1. The minimum absolute atomic E-state index is 0.184. The summed E-state index contributed by atoms with van der Waals surface area (Å²) >= 11 is 3.28. The lowest BCUT2D eigenvalue weighted by Crippen LogP contribution is -2.04. The quantitative estimate of drug-likeness (QED) is 0.600. The fraction of sp³-hybridized carbons (Fsp3) is 0.200. The third-order valence-electron chi connectivity index (χ3n) is 1.72. The highest BCUT2D eigenvalue weighted by Gasteiger charge is 2.13. The third kappa shape index (κ3) is 2.33. The molecule has 0 saturated carbocycles. The van der Waals surface area contributed by atoms with Crippen LogP contribution in [0.3, 0.4) is 0 Å². The second kappa shape index (κ2) is 4.77. The first-order chi connectivity index (χ1) is 6.69. The summed E-state index contributed by atoms with van der Waals surface area (Å²) in [6.07, 6.45) is 0. The zero-order chi connectivity index (χ0) is 10.6. The van der Waals surface area contributed by atoms with Crippen LogP contribution in [0.1, 0.15) is 15.9 Å². The van der Waals surface area contributed by atoms with Gasteiger partial charge in [-0.05, 0) is 18.2 Å². The van der Waals surface area contributed by atoms with E-state index in [-0.39, 0.29) is 6.54 Å². The van der Waals surface area contributed by atoms with Crippen molar-refractivity contribution in [2.24, 2.45) is 0 Å². The highest BCUT2D eigenvalue weighted by molar-refractivity contribution is 9.10. The Morgan fingerprint density at radius 1 is 1.64 bits per heavy atom. The topological polar surface area (TPSA) is 30.7 Å². The van der Waals surface area contributed by atoms with Crippen LogP contribution in [0.25, 0.3) is 4.85 Å². The molecule has 0 radical (unpaired) electrons. The summed E-state index contributed by atoms with van der Waals surface area (Å²) in [5.41, 5.74) is 1.13. The first kappa shape index (κ1) is 10.7. The maximum absolute atomic E-state index is 11.3. The van der Waals surface area contributed by atoms with Crippen LogP contribution >= 0.6 is 15.9 Å². The first-order valence-electron chi connectivity index (χ1n) is 3.89. The molecule has 0 aliphatic carbocycles. The zero-order valence-electron chi connectivity index (χ0n) is 7.58. The molecule has 0 aliphatic rings. The van der Waals surface area contributed by atoms with E-state index in [1.807, 2.05) is 0 Å². The zero-order valence-corrected chi connectivity index (χ0v) is 9.17. The van der Waals surface area contributed by atoms with E-state index in [1.165, 1.54) is 7.11 Å². The van der Waals surface area contributed by atoms with Crippen LogP contribution in [0.4, 0.5) is 0 Å². The van der Waals surface area contributed by atoms with Crippen molar-refractivity contribution in [3.8, 4) is 0 Å². The van der Waals surface area contributed by atoms with Crippen LogP contribution in [-0.4, -0.2) is 13.1 Å². The molecule has 72 valence electrons. The van der Waals surface area contributed by atoms with Gasteiger partial charge in [0.15, 0.2) is 0 Å². The molecule has 0 aliphatic heterocycles. The van der Waals surface area contributed by atoms with E-state index in [0.29, 0.717) is 11.1 Å². The summed E-state index contributed by atoms with van der Waals surface area (Å²) in [5, 5.41) is 0. The van der Waals surface area contributed by atoms with Gasteiger partial charge >= 0.3 is 5.97 Å². The Labute approximate surface area is 90.6 Å². The number of carbonyl (C=O) groups excluding carboxylic acids is 1. The number of hydrogen-bond donors (Lipinski definition) is 0. The Balaban J connectivity index is 3.15. The van der Waals surface area contributed by atoms with Crippen LogP contribution in [0.15, 0.2) is 22.7 Å². The predicted octanol–water partition coefficient (Wildman–Crippen LogP) is 2.65. The molecule has 3 nitrogen and oxygen atoms in total. The van der Waals surface area contributed by atoms with Crippen molar-refractivity contribution in [1.82, 2.24) is 0 Å². The van der Waals surface area contributed by atoms with E-state index in [9.17, 15) is 4.79 Å². The molecular weight excluding hydrogens is 246 g/mol. The Hall–Kier alpha value is -1.34. The Morgan fingerprint density at radius 2 is 2.36 bits per heavy atom. The highest BCUT2D eigenvalue weighted by Crippen LogP contribution is 2.18. The van der Waals surface area contributed by atoms with E-state index in [0.717, 1.165) is 4.47 Å². The second-order valence-corrected chi connectivity index (χ2v) is 3.52. The summed E-state index contributed by atoms with van der Waals surface area (Å²) in [6, 6.07) is 5.15. The van der Waals surface area contributed by atoms with Gasteiger partial charge in [-0.25, -0.2) is 11.4 Å².